The van der Waals surface area contributed by atoms with E-state index in [1.165, 1.54) is 38.2 Å². The lowest BCUT2D eigenvalue weighted by atomic mass is 10.2. The number of hydrogen-bond donors (Lipinski definition) is 0. The molecule has 1 aliphatic carbocycles. The van der Waals surface area contributed by atoms with Crippen molar-refractivity contribution >= 4 is 0 Å². The molecule has 0 amide bonds. The van der Waals surface area contributed by atoms with Gasteiger partial charge in [-0.3, -0.25) is 9.36 Å². The Bertz CT molecular complexity index is 552. The molecule has 0 unspecified atom stereocenters. The lowest BCUT2D eigenvalue weighted by Crippen LogP contribution is -2.06. The molecule has 0 saturated heterocycles. The summed E-state index contributed by atoms with van der Waals surface area (Å²) in [4.78, 5) is 0. The second-order valence-electron chi connectivity index (χ2n) is 5.00. The van der Waals surface area contributed by atoms with E-state index in [0.717, 1.165) is 16.7 Å². The van der Waals surface area contributed by atoms with Crippen LogP contribution in [0, 0.1) is 5.92 Å². The number of halogens is 3. The zero-order valence-electron chi connectivity index (χ0n) is 11.4. The molecule has 0 atom stereocenters. The zero-order valence-corrected chi connectivity index (χ0v) is 11.4. The highest BCUT2D eigenvalue weighted by Crippen LogP contribution is 2.31. The van der Waals surface area contributed by atoms with Crippen LogP contribution in [0.2, 0.25) is 0 Å². The monoisotopic (exact) mass is 286 g/mol. The molecule has 0 spiro atoms. The molecule has 1 fully saturated rings. The minimum atomic E-state index is -4.32. The van der Waals surface area contributed by atoms with Crippen molar-refractivity contribution in [1.29, 1.82) is 0 Å². The molecule has 0 aromatic carbocycles. The van der Waals surface area contributed by atoms with Gasteiger partial charge in [0.25, 0.3) is 0 Å². The fourth-order valence-corrected chi connectivity index (χ4v) is 1.76. The highest BCUT2D eigenvalue weighted by Gasteiger charge is 2.33. The minimum Gasteiger partial charge on any atom is -0.276 e. The normalized spacial score (nSPS) is 14.8. The molecule has 2 aromatic heterocycles. The first-order chi connectivity index (χ1) is 9.34. The highest BCUT2D eigenvalue weighted by molar-refractivity contribution is 5.03. The van der Waals surface area contributed by atoms with Crippen LogP contribution in [-0.2, 0) is 26.7 Å². The number of alkyl halides is 3. The predicted molar refractivity (Wildman–Crippen MR) is 67.8 cm³/mol. The van der Waals surface area contributed by atoms with Gasteiger partial charge < -0.3 is 0 Å². The Morgan fingerprint density at radius 3 is 2.05 bits per heavy atom. The van der Waals surface area contributed by atoms with Gasteiger partial charge >= 0.3 is 6.18 Å². The van der Waals surface area contributed by atoms with Crippen molar-refractivity contribution in [3.05, 3.63) is 35.9 Å². The SMILES string of the molecule is Cn1ccc(C(F)(F)F)n1.Cn1ccc(CC2CC2)n1. The molecule has 1 aliphatic rings. The second kappa shape index (κ2) is 5.68. The van der Waals surface area contributed by atoms with Gasteiger partial charge in [-0.1, -0.05) is 0 Å². The summed E-state index contributed by atoms with van der Waals surface area (Å²) in [5.41, 5.74) is 0.403. The first-order valence-electron chi connectivity index (χ1n) is 6.40. The highest BCUT2D eigenvalue weighted by atomic mass is 19.4. The van der Waals surface area contributed by atoms with Crippen LogP contribution in [0.5, 0.6) is 0 Å². The summed E-state index contributed by atoms with van der Waals surface area (Å²) in [6.07, 6.45) is 2.97. The van der Waals surface area contributed by atoms with Crippen LogP contribution in [0.3, 0.4) is 0 Å². The van der Waals surface area contributed by atoms with E-state index in [1.807, 2.05) is 17.9 Å². The number of nitrogens with zero attached hydrogens (tertiary/aromatic N) is 4. The van der Waals surface area contributed by atoms with Crippen LogP contribution in [-0.4, -0.2) is 19.6 Å². The van der Waals surface area contributed by atoms with E-state index in [4.69, 9.17) is 0 Å². The zero-order chi connectivity index (χ0) is 14.8. The molecule has 0 bridgehead atoms. The molecule has 0 N–H and O–H groups in total. The van der Waals surface area contributed by atoms with Crippen molar-refractivity contribution in [3.63, 3.8) is 0 Å². The van der Waals surface area contributed by atoms with Gasteiger partial charge in [-0.2, -0.15) is 23.4 Å². The van der Waals surface area contributed by atoms with Crippen molar-refractivity contribution in [2.24, 2.45) is 20.0 Å². The van der Waals surface area contributed by atoms with Gasteiger partial charge in [0.05, 0.1) is 5.69 Å². The van der Waals surface area contributed by atoms with E-state index in [0.29, 0.717) is 0 Å². The standard InChI is InChI=1S/C8H12N2.C5H5F3N2/c1-10-5-4-8(9-10)6-7-2-3-7;1-10-3-2-4(9-10)5(6,7)8/h4-5,7H,2-3,6H2,1H3;2-3H,1H3. The van der Waals surface area contributed by atoms with Crippen LogP contribution < -0.4 is 0 Å². The third-order valence-electron chi connectivity index (χ3n) is 2.97. The van der Waals surface area contributed by atoms with E-state index in [2.05, 4.69) is 16.3 Å². The second-order valence-corrected chi connectivity index (χ2v) is 5.00. The van der Waals surface area contributed by atoms with E-state index in [-0.39, 0.29) is 0 Å². The molecule has 0 aliphatic heterocycles. The maximum absolute atomic E-state index is 11.7. The van der Waals surface area contributed by atoms with Crippen LogP contribution in [0.1, 0.15) is 24.2 Å². The lowest BCUT2D eigenvalue weighted by molar-refractivity contribution is -0.141. The van der Waals surface area contributed by atoms with Crippen molar-refractivity contribution in [2.75, 3.05) is 0 Å². The Morgan fingerprint density at radius 1 is 1.10 bits per heavy atom. The molecule has 110 valence electrons. The first-order valence-corrected chi connectivity index (χ1v) is 6.40. The topological polar surface area (TPSA) is 35.6 Å². The first kappa shape index (κ1) is 14.6. The molecule has 0 radical (unpaired) electrons. The van der Waals surface area contributed by atoms with E-state index in [1.54, 1.807) is 0 Å². The quantitative estimate of drug-likeness (QED) is 0.851. The molecular formula is C13H17F3N4. The van der Waals surface area contributed by atoms with Crippen LogP contribution in [0.15, 0.2) is 24.5 Å². The maximum atomic E-state index is 11.7. The van der Waals surface area contributed by atoms with Crippen LogP contribution >= 0.6 is 0 Å². The summed E-state index contributed by atoms with van der Waals surface area (Å²) in [7, 11) is 3.41. The number of aryl methyl sites for hydroxylation is 2. The van der Waals surface area contributed by atoms with E-state index in [9.17, 15) is 13.2 Å². The van der Waals surface area contributed by atoms with Gasteiger partial charge in [-0.15, -0.1) is 0 Å². The van der Waals surface area contributed by atoms with Gasteiger partial charge in [0.2, 0.25) is 0 Å². The van der Waals surface area contributed by atoms with Crippen molar-refractivity contribution < 1.29 is 13.2 Å². The maximum Gasteiger partial charge on any atom is 0.435 e. The Balaban J connectivity index is 0.000000147. The van der Waals surface area contributed by atoms with Crippen molar-refractivity contribution in [3.8, 4) is 0 Å². The third-order valence-corrected chi connectivity index (χ3v) is 2.97. The van der Waals surface area contributed by atoms with Crippen LogP contribution in [0.25, 0.3) is 0 Å². The molecule has 2 heterocycles. The van der Waals surface area contributed by atoms with Gasteiger partial charge in [0, 0.05) is 26.5 Å². The predicted octanol–water partition coefficient (Wildman–Crippen LogP) is 2.81. The van der Waals surface area contributed by atoms with Gasteiger partial charge in [0.1, 0.15) is 0 Å². The summed E-state index contributed by atoms with van der Waals surface area (Å²) in [5, 5.41) is 7.48. The van der Waals surface area contributed by atoms with Gasteiger partial charge in [0.15, 0.2) is 5.69 Å². The fourth-order valence-electron chi connectivity index (χ4n) is 1.76. The van der Waals surface area contributed by atoms with Gasteiger partial charge in [-0.05, 0) is 37.3 Å². The summed E-state index contributed by atoms with van der Waals surface area (Å²) in [6, 6.07) is 3.04. The Hall–Kier alpha value is -1.79. The molecule has 7 heteroatoms. The minimum absolute atomic E-state index is 0.852. The molecule has 4 nitrogen and oxygen atoms in total. The third kappa shape index (κ3) is 4.40. The van der Waals surface area contributed by atoms with Crippen molar-refractivity contribution in [1.82, 2.24) is 19.6 Å². The Kier molecular flexibility index (Phi) is 4.15. The molecule has 2 aromatic rings. The van der Waals surface area contributed by atoms with E-state index >= 15 is 0 Å². The van der Waals surface area contributed by atoms with Crippen molar-refractivity contribution in [2.45, 2.75) is 25.4 Å². The average Bonchev–Trinajstić information content (AvgIpc) is 2.87. The molecule has 3 rings (SSSR count). The fraction of sp³-hybridized carbons (Fsp3) is 0.538. The largest absolute Gasteiger partial charge is 0.435 e. The number of rotatable bonds is 2. The summed E-state index contributed by atoms with van der Waals surface area (Å²) >= 11 is 0. The number of hydrogen-bond acceptors (Lipinski definition) is 2. The van der Waals surface area contributed by atoms with E-state index < -0.39 is 11.9 Å². The average molecular weight is 286 g/mol. The van der Waals surface area contributed by atoms with Gasteiger partial charge in [-0.25, -0.2) is 0 Å². The lowest BCUT2D eigenvalue weighted by Gasteiger charge is -1.99. The van der Waals surface area contributed by atoms with Crippen LogP contribution in [0.4, 0.5) is 13.2 Å². The summed E-state index contributed by atoms with van der Waals surface area (Å²) < 4.78 is 38.2. The summed E-state index contributed by atoms with van der Waals surface area (Å²) in [6.45, 7) is 0. The molecule has 20 heavy (non-hydrogen) atoms. The Morgan fingerprint density at radius 2 is 1.70 bits per heavy atom. The number of aromatic nitrogens is 4. The molecule has 1 saturated carbocycles. The summed E-state index contributed by atoms with van der Waals surface area (Å²) in [5.74, 6) is 0.954. The Labute approximate surface area is 115 Å². The smallest absolute Gasteiger partial charge is 0.276 e. The molecular weight excluding hydrogens is 269 g/mol.